The van der Waals surface area contributed by atoms with Gasteiger partial charge in [0.05, 0.1) is 0 Å². The van der Waals surface area contributed by atoms with Crippen LogP contribution in [0.4, 0.5) is 0 Å². The van der Waals surface area contributed by atoms with E-state index in [0.717, 1.165) is 19.6 Å². The van der Waals surface area contributed by atoms with Crippen LogP contribution in [0.3, 0.4) is 0 Å². The molecule has 0 spiro atoms. The smallest absolute Gasteiger partial charge is 0.0178 e. The third-order valence-corrected chi connectivity index (χ3v) is 4.57. The molecule has 1 heterocycles. The van der Waals surface area contributed by atoms with Gasteiger partial charge >= 0.3 is 0 Å². The van der Waals surface area contributed by atoms with E-state index in [1.807, 2.05) is 0 Å². The Hall–Kier alpha value is -0.0900. The Morgan fingerprint density at radius 1 is 1.47 bits per heavy atom. The largest absolute Gasteiger partial charge is 0.330 e. The number of hydrogen-bond acceptors (Lipinski definition) is 2. The van der Waals surface area contributed by atoms with E-state index in [0.29, 0.717) is 11.3 Å². The normalized spacial score (nSPS) is 25.1. The highest BCUT2D eigenvalue weighted by atomic mass is 79.9. The van der Waals surface area contributed by atoms with E-state index < -0.39 is 0 Å². The van der Waals surface area contributed by atoms with E-state index in [4.69, 9.17) is 5.73 Å². The Bertz CT molecular complexity index is 413. The standard InChI is InChI=1S/C15H23BrN2.ClH/c1-12(13-4-3-5-14(16)8-13)9-18-7-6-15(2,10-17)11-18;/h3-5,8,12H,6-7,9-11,17H2,1-2H3;1H. The summed E-state index contributed by atoms with van der Waals surface area (Å²) in [7, 11) is 0. The quantitative estimate of drug-likeness (QED) is 0.901. The van der Waals surface area contributed by atoms with Crippen molar-refractivity contribution in [1.82, 2.24) is 4.90 Å². The van der Waals surface area contributed by atoms with Crippen molar-refractivity contribution in [2.45, 2.75) is 26.2 Å². The molecular formula is C15H24BrClN2. The molecule has 0 saturated carbocycles. The Labute approximate surface area is 131 Å². The Morgan fingerprint density at radius 3 is 2.79 bits per heavy atom. The van der Waals surface area contributed by atoms with Crippen molar-refractivity contribution in [1.29, 1.82) is 0 Å². The second-order valence-corrected chi connectivity index (χ2v) is 6.87. The Balaban J connectivity index is 0.00000180. The van der Waals surface area contributed by atoms with Crippen molar-refractivity contribution >= 4 is 28.3 Å². The number of likely N-dealkylation sites (tertiary alicyclic amines) is 1. The highest BCUT2D eigenvalue weighted by molar-refractivity contribution is 9.10. The molecule has 4 heteroatoms. The minimum absolute atomic E-state index is 0. The van der Waals surface area contributed by atoms with Crippen molar-refractivity contribution in [3.63, 3.8) is 0 Å². The SMILES string of the molecule is CC(CN1CCC(C)(CN)C1)c1cccc(Br)c1.Cl. The summed E-state index contributed by atoms with van der Waals surface area (Å²) in [5, 5.41) is 0. The van der Waals surface area contributed by atoms with E-state index in [1.165, 1.54) is 23.0 Å². The third kappa shape index (κ3) is 4.45. The lowest BCUT2D eigenvalue weighted by molar-refractivity contribution is 0.270. The highest BCUT2D eigenvalue weighted by Crippen LogP contribution is 2.30. The minimum atomic E-state index is 0. The summed E-state index contributed by atoms with van der Waals surface area (Å²) < 4.78 is 1.17. The molecule has 2 rings (SSSR count). The van der Waals surface area contributed by atoms with Gasteiger partial charge in [-0.2, -0.15) is 0 Å². The van der Waals surface area contributed by atoms with Crippen molar-refractivity contribution < 1.29 is 0 Å². The highest BCUT2D eigenvalue weighted by Gasteiger charge is 2.32. The molecule has 2 nitrogen and oxygen atoms in total. The van der Waals surface area contributed by atoms with Crippen molar-refractivity contribution in [2.24, 2.45) is 11.1 Å². The number of rotatable bonds is 4. The molecule has 1 aliphatic rings. The first-order chi connectivity index (χ1) is 8.52. The van der Waals surface area contributed by atoms with Gasteiger partial charge < -0.3 is 10.6 Å². The molecule has 2 atom stereocenters. The predicted octanol–water partition coefficient (Wildman–Crippen LogP) is 3.65. The lowest BCUT2D eigenvalue weighted by Gasteiger charge is -2.25. The van der Waals surface area contributed by atoms with Gasteiger partial charge in [0.25, 0.3) is 0 Å². The second kappa shape index (κ2) is 7.07. The monoisotopic (exact) mass is 346 g/mol. The van der Waals surface area contributed by atoms with Gasteiger partial charge in [-0.15, -0.1) is 12.4 Å². The molecule has 0 amide bonds. The summed E-state index contributed by atoms with van der Waals surface area (Å²) >= 11 is 3.54. The Morgan fingerprint density at radius 2 is 2.21 bits per heavy atom. The maximum atomic E-state index is 5.86. The van der Waals surface area contributed by atoms with Crippen LogP contribution in [0.25, 0.3) is 0 Å². The molecule has 1 fully saturated rings. The molecule has 1 saturated heterocycles. The van der Waals surface area contributed by atoms with E-state index in [-0.39, 0.29) is 12.4 Å². The molecule has 0 radical (unpaired) electrons. The van der Waals surface area contributed by atoms with E-state index in [9.17, 15) is 0 Å². The minimum Gasteiger partial charge on any atom is -0.330 e. The van der Waals surface area contributed by atoms with Crippen LogP contribution in [0.5, 0.6) is 0 Å². The van der Waals surface area contributed by atoms with E-state index in [1.54, 1.807) is 0 Å². The van der Waals surface area contributed by atoms with Gasteiger partial charge in [-0.05, 0) is 48.5 Å². The third-order valence-electron chi connectivity index (χ3n) is 4.08. The fourth-order valence-corrected chi connectivity index (χ4v) is 3.17. The molecule has 1 aromatic carbocycles. The van der Waals surface area contributed by atoms with Gasteiger partial charge in [-0.25, -0.2) is 0 Å². The molecule has 1 aliphatic heterocycles. The molecule has 2 N–H and O–H groups in total. The van der Waals surface area contributed by atoms with Gasteiger partial charge in [-0.1, -0.05) is 41.9 Å². The molecule has 0 aliphatic carbocycles. The average Bonchev–Trinajstić information content (AvgIpc) is 2.72. The molecule has 19 heavy (non-hydrogen) atoms. The number of benzene rings is 1. The first kappa shape index (κ1) is 17.0. The van der Waals surface area contributed by atoms with E-state index >= 15 is 0 Å². The summed E-state index contributed by atoms with van der Waals surface area (Å²) in [6.45, 7) is 8.87. The average molecular weight is 348 g/mol. The van der Waals surface area contributed by atoms with Gasteiger partial charge in [0.15, 0.2) is 0 Å². The number of hydrogen-bond donors (Lipinski definition) is 1. The fraction of sp³-hybridized carbons (Fsp3) is 0.600. The van der Waals surface area contributed by atoms with Crippen LogP contribution in [0.2, 0.25) is 0 Å². The molecular weight excluding hydrogens is 324 g/mol. The van der Waals surface area contributed by atoms with Crippen LogP contribution in [-0.2, 0) is 0 Å². The summed E-state index contributed by atoms with van der Waals surface area (Å²) in [6.07, 6.45) is 1.23. The molecule has 1 aromatic rings. The van der Waals surface area contributed by atoms with Crippen molar-refractivity contribution in [2.75, 3.05) is 26.2 Å². The van der Waals surface area contributed by atoms with Gasteiger partial charge in [0.2, 0.25) is 0 Å². The van der Waals surface area contributed by atoms with Crippen molar-refractivity contribution in [3.05, 3.63) is 34.3 Å². The zero-order valence-corrected chi connectivity index (χ0v) is 14.1. The zero-order chi connectivity index (χ0) is 13.2. The van der Waals surface area contributed by atoms with Crippen LogP contribution >= 0.6 is 28.3 Å². The van der Waals surface area contributed by atoms with Crippen molar-refractivity contribution in [3.8, 4) is 0 Å². The number of nitrogens with zero attached hydrogens (tertiary/aromatic N) is 1. The topological polar surface area (TPSA) is 29.3 Å². The van der Waals surface area contributed by atoms with Gasteiger partial charge in [0.1, 0.15) is 0 Å². The zero-order valence-electron chi connectivity index (χ0n) is 11.7. The maximum Gasteiger partial charge on any atom is 0.0178 e. The van der Waals surface area contributed by atoms with Crippen LogP contribution in [0.1, 0.15) is 31.7 Å². The van der Waals surface area contributed by atoms with Gasteiger partial charge in [0, 0.05) is 17.6 Å². The molecule has 0 bridgehead atoms. The predicted molar refractivity (Wildman–Crippen MR) is 88.0 cm³/mol. The summed E-state index contributed by atoms with van der Waals surface area (Å²) in [6, 6.07) is 8.64. The lowest BCUT2D eigenvalue weighted by Crippen LogP contribution is -2.32. The van der Waals surface area contributed by atoms with Crippen LogP contribution in [0, 0.1) is 5.41 Å². The fourth-order valence-electron chi connectivity index (χ4n) is 2.75. The second-order valence-electron chi connectivity index (χ2n) is 5.96. The molecule has 2 unspecified atom stereocenters. The van der Waals surface area contributed by atoms with Crippen LogP contribution < -0.4 is 5.73 Å². The van der Waals surface area contributed by atoms with Gasteiger partial charge in [-0.3, -0.25) is 0 Å². The first-order valence-corrected chi connectivity index (χ1v) is 7.50. The first-order valence-electron chi connectivity index (χ1n) is 6.70. The lowest BCUT2D eigenvalue weighted by atomic mass is 9.90. The van der Waals surface area contributed by atoms with E-state index in [2.05, 4.69) is 58.9 Å². The number of nitrogens with two attached hydrogens (primary N) is 1. The Kier molecular flexibility index (Phi) is 6.31. The summed E-state index contributed by atoms with van der Waals surface area (Å²) in [5.41, 5.74) is 7.60. The maximum absolute atomic E-state index is 5.86. The van der Waals surface area contributed by atoms with Crippen LogP contribution in [-0.4, -0.2) is 31.1 Å². The van der Waals surface area contributed by atoms with Crippen LogP contribution in [0.15, 0.2) is 28.7 Å². The summed E-state index contributed by atoms with van der Waals surface area (Å²) in [4.78, 5) is 2.55. The molecule has 108 valence electrons. The summed E-state index contributed by atoms with van der Waals surface area (Å²) in [5.74, 6) is 0.572. The number of halogens is 2. The molecule has 0 aromatic heterocycles.